The summed E-state index contributed by atoms with van der Waals surface area (Å²) in [6.07, 6.45) is 3.53. The Morgan fingerprint density at radius 1 is 1.36 bits per heavy atom. The Morgan fingerprint density at radius 2 is 2.00 bits per heavy atom. The van der Waals surface area contributed by atoms with E-state index in [1.807, 2.05) is 0 Å². The zero-order valence-electron chi connectivity index (χ0n) is 8.10. The van der Waals surface area contributed by atoms with Crippen LogP contribution in [-0.4, -0.2) is 12.7 Å². The van der Waals surface area contributed by atoms with E-state index in [2.05, 4.69) is 27.7 Å². The molecule has 0 aromatic carbocycles. The first-order valence-electron chi connectivity index (χ1n) is 4.61. The standard InChI is InChI=1S/C10H21O/c1-5-7-11-10(6-2)8-9(3)4/h9-10H,2,5-8H2,1,3-4H3. The minimum absolute atomic E-state index is 0.384. The molecule has 1 atom stereocenters. The second kappa shape index (κ2) is 6.66. The van der Waals surface area contributed by atoms with Gasteiger partial charge in [-0.3, -0.25) is 0 Å². The molecule has 0 rings (SSSR count). The molecule has 1 radical (unpaired) electrons. The van der Waals surface area contributed by atoms with Crippen LogP contribution in [0.3, 0.4) is 0 Å². The maximum atomic E-state index is 5.59. The van der Waals surface area contributed by atoms with Gasteiger partial charge in [-0.1, -0.05) is 27.7 Å². The highest BCUT2D eigenvalue weighted by Crippen LogP contribution is 2.11. The molecule has 0 fully saturated rings. The Kier molecular flexibility index (Phi) is 6.63. The summed E-state index contributed by atoms with van der Waals surface area (Å²) in [5.41, 5.74) is 0. The summed E-state index contributed by atoms with van der Waals surface area (Å²) >= 11 is 0. The molecule has 0 spiro atoms. The molecule has 1 nitrogen and oxygen atoms in total. The van der Waals surface area contributed by atoms with Crippen molar-refractivity contribution in [1.82, 2.24) is 0 Å². The van der Waals surface area contributed by atoms with Crippen LogP contribution in [0.2, 0.25) is 0 Å². The fourth-order valence-electron chi connectivity index (χ4n) is 1.08. The summed E-state index contributed by atoms with van der Waals surface area (Å²) in [7, 11) is 0. The van der Waals surface area contributed by atoms with Gasteiger partial charge in [-0.2, -0.15) is 0 Å². The molecule has 67 valence electrons. The largest absolute Gasteiger partial charge is 0.378 e. The van der Waals surface area contributed by atoms with Crippen LogP contribution in [0.5, 0.6) is 0 Å². The summed E-state index contributed by atoms with van der Waals surface area (Å²) in [6, 6.07) is 0. The lowest BCUT2D eigenvalue weighted by molar-refractivity contribution is 0.0413. The highest BCUT2D eigenvalue weighted by atomic mass is 16.5. The summed E-state index contributed by atoms with van der Waals surface area (Å²) in [4.78, 5) is 0. The van der Waals surface area contributed by atoms with Crippen LogP contribution in [0.25, 0.3) is 0 Å². The van der Waals surface area contributed by atoms with Gasteiger partial charge < -0.3 is 4.74 Å². The SMILES string of the molecule is [CH2]CC(CC(C)C)OCCC. The second-order valence-corrected chi connectivity index (χ2v) is 3.41. The molecule has 1 heteroatoms. The first-order valence-corrected chi connectivity index (χ1v) is 4.61. The Hall–Kier alpha value is -0.0400. The average molecular weight is 157 g/mol. The van der Waals surface area contributed by atoms with Crippen LogP contribution in [0, 0.1) is 12.8 Å². The van der Waals surface area contributed by atoms with E-state index in [1.54, 1.807) is 0 Å². The Bertz CT molecular complexity index is 78.9. The quantitative estimate of drug-likeness (QED) is 0.576. The van der Waals surface area contributed by atoms with E-state index in [4.69, 9.17) is 4.74 Å². The lowest BCUT2D eigenvalue weighted by atomic mass is 10.0. The molecule has 1 unspecified atom stereocenters. The minimum atomic E-state index is 0.384. The van der Waals surface area contributed by atoms with Crippen molar-refractivity contribution in [2.24, 2.45) is 5.92 Å². The molecule has 0 saturated carbocycles. The first-order chi connectivity index (χ1) is 5.20. The van der Waals surface area contributed by atoms with E-state index in [0.29, 0.717) is 6.10 Å². The summed E-state index contributed by atoms with van der Waals surface area (Å²) in [5.74, 6) is 0.721. The molecule has 0 aliphatic heterocycles. The molecule has 0 saturated heterocycles. The van der Waals surface area contributed by atoms with Crippen molar-refractivity contribution in [3.05, 3.63) is 6.92 Å². The normalized spacial score (nSPS) is 13.9. The fourth-order valence-corrected chi connectivity index (χ4v) is 1.08. The second-order valence-electron chi connectivity index (χ2n) is 3.41. The smallest absolute Gasteiger partial charge is 0.0577 e. The van der Waals surface area contributed by atoms with Crippen LogP contribution < -0.4 is 0 Å². The third kappa shape index (κ3) is 6.36. The van der Waals surface area contributed by atoms with E-state index in [0.717, 1.165) is 31.8 Å². The van der Waals surface area contributed by atoms with Crippen LogP contribution >= 0.6 is 0 Å². The van der Waals surface area contributed by atoms with Crippen LogP contribution in [0.15, 0.2) is 0 Å². The van der Waals surface area contributed by atoms with Crippen molar-refractivity contribution in [1.29, 1.82) is 0 Å². The van der Waals surface area contributed by atoms with Gasteiger partial charge in [-0.25, -0.2) is 0 Å². The zero-order valence-corrected chi connectivity index (χ0v) is 8.10. The highest BCUT2D eigenvalue weighted by molar-refractivity contribution is 4.61. The molecule has 11 heavy (non-hydrogen) atoms. The molecule has 0 heterocycles. The van der Waals surface area contributed by atoms with E-state index >= 15 is 0 Å². The van der Waals surface area contributed by atoms with Crippen molar-refractivity contribution in [3.63, 3.8) is 0 Å². The highest BCUT2D eigenvalue weighted by Gasteiger charge is 2.07. The predicted molar refractivity (Wildman–Crippen MR) is 49.5 cm³/mol. The summed E-state index contributed by atoms with van der Waals surface area (Å²) < 4.78 is 5.59. The molecular formula is C10H21O. The third-order valence-electron chi connectivity index (χ3n) is 1.61. The summed E-state index contributed by atoms with van der Waals surface area (Å²) in [6.45, 7) is 11.3. The molecular weight excluding hydrogens is 136 g/mol. The topological polar surface area (TPSA) is 9.23 Å². The van der Waals surface area contributed by atoms with E-state index in [1.165, 1.54) is 0 Å². The van der Waals surface area contributed by atoms with E-state index in [9.17, 15) is 0 Å². The lowest BCUT2D eigenvalue weighted by Crippen LogP contribution is -2.14. The average Bonchev–Trinajstić information content (AvgIpc) is 1.97. The van der Waals surface area contributed by atoms with Crippen molar-refractivity contribution >= 4 is 0 Å². The Labute approximate surface area is 71.1 Å². The van der Waals surface area contributed by atoms with Gasteiger partial charge in [0.05, 0.1) is 6.10 Å². The molecule has 0 amide bonds. The third-order valence-corrected chi connectivity index (χ3v) is 1.61. The Balaban J connectivity index is 3.41. The molecule has 0 aliphatic rings. The number of hydrogen-bond acceptors (Lipinski definition) is 1. The van der Waals surface area contributed by atoms with Crippen molar-refractivity contribution in [2.45, 2.75) is 46.1 Å². The van der Waals surface area contributed by atoms with E-state index < -0.39 is 0 Å². The van der Waals surface area contributed by atoms with Crippen LogP contribution in [0.4, 0.5) is 0 Å². The number of rotatable bonds is 6. The maximum absolute atomic E-state index is 5.59. The van der Waals surface area contributed by atoms with Gasteiger partial charge in [0, 0.05) is 6.61 Å². The predicted octanol–water partition coefficient (Wildman–Crippen LogP) is 3.05. The molecule has 0 aromatic rings. The van der Waals surface area contributed by atoms with Crippen molar-refractivity contribution in [2.75, 3.05) is 6.61 Å². The van der Waals surface area contributed by atoms with E-state index in [-0.39, 0.29) is 0 Å². The maximum Gasteiger partial charge on any atom is 0.0577 e. The molecule has 0 N–H and O–H groups in total. The van der Waals surface area contributed by atoms with Gasteiger partial charge in [-0.15, -0.1) is 0 Å². The van der Waals surface area contributed by atoms with Gasteiger partial charge in [0.1, 0.15) is 0 Å². The molecule has 0 aliphatic carbocycles. The number of ether oxygens (including phenoxy) is 1. The van der Waals surface area contributed by atoms with Gasteiger partial charge >= 0.3 is 0 Å². The van der Waals surface area contributed by atoms with Crippen molar-refractivity contribution in [3.8, 4) is 0 Å². The first kappa shape index (κ1) is 11.0. The minimum Gasteiger partial charge on any atom is -0.378 e. The monoisotopic (exact) mass is 157 g/mol. The lowest BCUT2D eigenvalue weighted by Gasteiger charge is -2.17. The molecule has 0 bridgehead atoms. The van der Waals surface area contributed by atoms with Crippen LogP contribution in [-0.2, 0) is 4.74 Å². The van der Waals surface area contributed by atoms with Gasteiger partial charge in [-0.05, 0) is 25.2 Å². The van der Waals surface area contributed by atoms with Gasteiger partial charge in [0.25, 0.3) is 0 Å². The van der Waals surface area contributed by atoms with Gasteiger partial charge in [0.15, 0.2) is 0 Å². The van der Waals surface area contributed by atoms with Crippen LogP contribution in [0.1, 0.15) is 40.0 Å². The Morgan fingerprint density at radius 3 is 2.36 bits per heavy atom. The fraction of sp³-hybridized carbons (Fsp3) is 0.900. The summed E-state index contributed by atoms with van der Waals surface area (Å²) in [5, 5.41) is 0. The number of hydrogen-bond donors (Lipinski definition) is 0. The van der Waals surface area contributed by atoms with Crippen molar-refractivity contribution < 1.29 is 4.74 Å². The zero-order chi connectivity index (χ0) is 8.69. The molecule has 0 aromatic heterocycles. The van der Waals surface area contributed by atoms with Gasteiger partial charge in [0.2, 0.25) is 0 Å².